The Labute approximate surface area is 85.9 Å². The lowest BCUT2D eigenvalue weighted by molar-refractivity contribution is 0.363. The average molecular weight is 196 g/mol. The Morgan fingerprint density at radius 2 is 2.14 bits per heavy atom. The molecule has 0 spiro atoms. The van der Waals surface area contributed by atoms with E-state index in [2.05, 4.69) is 38.2 Å². The first-order valence-corrected chi connectivity index (χ1v) is 5.32. The summed E-state index contributed by atoms with van der Waals surface area (Å²) < 4.78 is 5.30. The van der Waals surface area contributed by atoms with Crippen LogP contribution in [0.5, 0.6) is 0 Å². The fraction of sp³-hybridized carbons (Fsp3) is 0.727. The van der Waals surface area contributed by atoms with Crippen molar-refractivity contribution in [1.82, 2.24) is 10.5 Å². The van der Waals surface area contributed by atoms with Crippen molar-refractivity contribution in [1.29, 1.82) is 0 Å². The van der Waals surface area contributed by atoms with Crippen molar-refractivity contribution in [2.45, 2.75) is 46.6 Å². The van der Waals surface area contributed by atoms with Gasteiger partial charge in [0.05, 0.1) is 0 Å². The Bertz CT molecular complexity index is 279. The predicted molar refractivity (Wildman–Crippen MR) is 57.3 cm³/mol. The molecule has 1 N–H and O–H groups in total. The lowest BCUT2D eigenvalue weighted by Crippen LogP contribution is -2.14. The third-order valence-corrected chi connectivity index (χ3v) is 2.30. The number of hydrogen-bond acceptors (Lipinski definition) is 3. The number of nitrogens with zero attached hydrogens (tertiary/aromatic N) is 1. The first-order valence-electron chi connectivity index (χ1n) is 5.32. The van der Waals surface area contributed by atoms with Gasteiger partial charge in [0.25, 0.3) is 0 Å². The highest BCUT2D eigenvalue weighted by atomic mass is 16.5. The van der Waals surface area contributed by atoms with Crippen LogP contribution in [0.25, 0.3) is 0 Å². The van der Waals surface area contributed by atoms with E-state index in [-0.39, 0.29) is 0 Å². The summed E-state index contributed by atoms with van der Waals surface area (Å²) in [6.07, 6.45) is 1.15. The Morgan fingerprint density at radius 3 is 2.64 bits per heavy atom. The summed E-state index contributed by atoms with van der Waals surface area (Å²) in [5, 5.41) is 7.39. The van der Waals surface area contributed by atoms with Crippen molar-refractivity contribution in [2.24, 2.45) is 0 Å². The maximum absolute atomic E-state index is 5.30. The lowest BCUT2D eigenvalue weighted by atomic mass is 10.1. The van der Waals surface area contributed by atoms with E-state index in [1.165, 1.54) is 5.56 Å². The van der Waals surface area contributed by atoms with Crippen LogP contribution in [0, 0.1) is 6.92 Å². The standard InChI is InChI=1S/C11H20N2O/c1-5-6-12-7-10-9(4)11(8(2)3)14-13-10/h8,12H,5-7H2,1-4H3. The molecule has 0 fully saturated rings. The van der Waals surface area contributed by atoms with Crippen LogP contribution in [-0.4, -0.2) is 11.7 Å². The van der Waals surface area contributed by atoms with Crippen LogP contribution >= 0.6 is 0 Å². The van der Waals surface area contributed by atoms with E-state index >= 15 is 0 Å². The predicted octanol–water partition coefficient (Wildman–Crippen LogP) is 2.61. The molecule has 1 aromatic heterocycles. The monoisotopic (exact) mass is 196 g/mol. The first-order chi connectivity index (χ1) is 6.66. The van der Waals surface area contributed by atoms with E-state index in [0.29, 0.717) is 5.92 Å². The number of nitrogens with one attached hydrogen (secondary N) is 1. The highest BCUT2D eigenvalue weighted by Gasteiger charge is 2.13. The minimum Gasteiger partial charge on any atom is -0.361 e. The molecule has 14 heavy (non-hydrogen) atoms. The zero-order chi connectivity index (χ0) is 10.6. The lowest BCUT2D eigenvalue weighted by Gasteiger charge is -2.01. The summed E-state index contributed by atoms with van der Waals surface area (Å²) in [5.74, 6) is 1.43. The molecule has 3 nitrogen and oxygen atoms in total. The van der Waals surface area contributed by atoms with E-state index in [9.17, 15) is 0 Å². The Balaban J connectivity index is 2.60. The summed E-state index contributed by atoms with van der Waals surface area (Å²) in [6.45, 7) is 10.3. The van der Waals surface area contributed by atoms with Gasteiger partial charge >= 0.3 is 0 Å². The number of rotatable bonds is 5. The Kier molecular flexibility index (Phi) is 4.14. The van der Waals surface area contributed by atoms with Crippen molar-refractivity contribution in [3.05, 3.63) is 17.0 Å². The molecular weight excluding hydrogens is 176 g/mol. The largest absolute Gasteiger partial charge is 0.361 e. The second-order valence-corrected chi connectivity index (χ2v) is 3.95. The highest BCUT2D eigenvalue weighted by Crippen LogP contribution is 2.21. The summed E-state index contributed by atoms with van der Waals surface area (Å²) in [4.78, 5) is 0. The average Bonchev–Trinajstić information content (AvgIpc) is 2.48. The summed E-state index contributed by atoms with van der Waals surface area (Å²) >= 11 is 0. The van der Waals surface area contributed by atoms with E-state index in [4.69, 9.17) is 4.52 Å². The van der Waals surface area contributed by atoms with Crippen LogP contribution in [0.15, 0.2) is 4.52 Å². The van der Waals surface area contributed by atoms with Crippen LogP contribution in [-0.2, 0) is 6.54 Å². The quantitative estimate of drug-likeness (QED) is 0.736. The van der Waals surface area contributed by atoms with Gasteiger partial charge < -0.3 is 9.84 Å². The number of aromatic nitrogens is 1. The van der Waals surface area contributed by atoms with Gasteiger partial charge in [-0.25, -0.2) is 0 Å². The molecule has 0 saturated heterocycles. The molecular formula is C11H20N2O. The van der Waals surface area contributed by atoms with E-state index in [1.54, 1.807) is 0 Å². The van der Waals surface area contributed by atoms with Gasteiger partial charge in [-0.1, -0.05) is 25.9 Å². The second kappa shape index (κ2) is 5.15. The molecule has 1 aromatic rings. The van der Waals surface area contributed by atoms with Crippen molar-refractivity contribution in [3.8, 4) is 0 Å². The van der Waals surface area contributed by atoms with Gasteiger partial charge in [-0.15, -0.1) is 0 Å². The molecule has 0 aliphatic carbocycles. The Hall–Kier alpha value is -0.830. The van der Waals surface area contributed by atoms with Crippen LogP contribution in [0.2, 0.25) is 0 Å². The van der Waals surface area contributed by atoms with E-state index in [0.717, 1.165) is 31.0 Å². The second-order valence-electron chi connectivity index (χ2n) is 3.95. The zero-order valence-electron chi connectivity index (χ0n) is 9.55. The third-order valence-electron chi connectivity index (χ3n) is 2.30. The van der Waals surface area contributed by atoms with Gasteiger partial charge in [-0.3, -0.25) is 0 Å². The van der Waals surface area contributed by atoms with Crippen LogP contribution < -0.4 is 5.32 Å². The maximum Gasteiger partial charge on any atom is 0.142 e. The van der Waals surface area contributed by atoms with E-state index in [1.807, 2.05) is 0 Å². The molecule has 0 radical (unpaired) electrons. The molecule has 0 bridgehead atoms. The van der Waals surface area contributed by atoms with Crippen LogP contribution in [0.1, 0.15) is 50.1 Å². The summed E-state index contributed by atoms with van der Waals surface area (Å²) in [5.41, 5.74) is 2.24. The minimum atomic E-state index is 0.419. The molecule has 1 rings (SSSR count). The van der Waals surface area contributed by atoms with Crippen molar-refractivity contribution in [2.75, 3.05) is 6.54 Å². The van der Waals surface area contributed by atoms with Gasteiger partial charge in [-0.2, -0.15) is 0 Å². The molecule has 0 aliphatic rings. The van der Waals surface area contributed by atoms with Gasteiger partial charge in [0.2, 0.25) is 0 Å². The maximum atomic E-state index is 5.30. The van der Waals surface area contributed by atoms with Gasteiger partial charge in [0.15, 0.2) is 0 Å². The van der Waals surface area contributed by atoms with Gasteiger partial charge in [-0.05, 0) is 19.9 Å². The van der Waals surface area contributed by atoms with Crippen molar-refractivity contribution >= 4 is 0 Å². The molecule has 3 heteroatoms. The minimum absolute atomic E-state index is 0.419. The van der Waals surface area contributed by atoms with Crippen molar-refractivity contribution in [3.63, 3.8) is 0 Å². The third kappa shape index (κ3) is 2.58. The van der Waals surface area contributed by atoms with Gasteiger partial charge in [0, 0.05) is 18.0 Å². The van der Waals surface area contributed by atoms with Crippen LogP contribution in [0.4, 0.5) is 0 Å². The van der Waals surface area contributed by atoms with E-state index < -0.39 is 0 Å². The fourth-order valence-corrected chi connectivity index (χ4v) is 1.47. The SMILES string of the molecule is CCCNCc1noc(C(C)C)c1C. The molecule has 0 atom stereocenters. The van der Waals surface area contributed by atoms with Gasteiger partial charge in [0.1, 0.15) is 11.5 Å². The Morgan fingerprint density at radius 1 is 1.43 bits per heavy atom. The fourth-order valence-electron chi connectivity index (χ4n) is 1.47. The summed E-state index contributed by atoms with van der Waals surface area (Å²) in [6, 6.07) is 0. The molecule has 80 valence electrons. The molecule has 0 aliphatic heterocycles. The summed E-state index contributed by atoms with van der Waals surface area (Å²) in [7, 11) is 0. The number of hydrogen-bond donors (Lipinski definition) is 1. The molecule has 0 unspecified atom stereocenters. The molecule has 0 aromatic carbocycles. The van der Waals surface area contributed by atoms with Crippen LogP contribution in [0.3, 0.4) is 0 Å². The molecule has 1 heterocycles. The first kappa shape index (κ1) is 11.2. The highest BCUT2D eigenvalue weighted by molar-refractivity contribution is 5.23. The molecule has 0 saturated carbocycles. The normalized spacial score (nSPS) is 11.2. The molecule has 0 amide bonds. The smallest absolute Gasteiger partial charge is 0.142 e. The zero-order valence-corrected chi connectivity index (χ0v) is 9.55. The van der Waals surface area contributed by atoms with Crippen molar-refractivity contribution < 1.29 is 4.52 Å². The topological polar surface area (TPSA) is 38.1 Å².